The van der Waals surface area contributed by atoms with Crippen LogP contribution in [0, 0.1) is 6.67 Å². The second-order valence-electron chi connectivity index (χ2n) is 1.69. The first-order chi connectivity index (χ1) is 3.91. The van der Waals surface area contributed by atoms with Crippen molar-refractivity contribution < 1.29 is 8.78 Å². The van der Waals surface area contributed by atoms with E-state index in [4.69, 9.17) is 0 Å². The lowest BCUT2D eigenvalue weighted by atomic mass is 10.2. The molecule has 0 bridgehead atoms. The van der Waals surface area contributed by atoms with Gasteiger partial charge in [0.2, 0.25) is 0 Å². The van der Waals surface area contributed by atoms with Crippen molar-refractivity contribution in [2.75, 3.05) is 6.67 Å². The quantitative estimate of drug-likeness (QED) is 0.490. The minimum absolute atomic E-state index is 0.272. The Morgan fingerprint density at radius 1 is 1.12 bits per heavy atom. The van der Waals surface area contributed by atoms with E-state index in [0.717, 1.165) is 12.8 Å². The Bertz CT molecular complexity index is 31.5. The summed E-state index contributed by atoms with van der Waals surface area (Å²) in [6, 6.07) is 0. The lowest BCUT2D eigenvalue weighted by molar-refractivity contribution is 0.448. The maximum absolute atomic E-state index is 11.3. The smallest absolute Gasteiger partial charge is 0.131 e. The Balaban J connectivity index is 2.53. The van der Waals surface area contributed by atoms with Crippen LogP contribution in [0.3, 0.4) is 0 Å². The molecule has 0 aromatic rings. The summed E-state index contributed by atoms with van der Waals surface area (Å²) in [5.41, 5.74) is 0. The number of rotatable bonds is 5. The second kappa shape index (κ2) is 6.86. The molecule has 0 nitrogen and oxygen atoms in total. The summed E-state index contributed by atoms with van der Waals surface area (Å²) in [5, 5.41) is 0. The van der Waals surface area contributed by atoms with Crippen molar-refractivity contribution >= 4 is 0 Å². The number of unbranched alkanes of at least 4 members (excludes halogenated alkanes) is 3. The molecule has 0 aromatic carbocycles. The Morgan fingerprint density at radius 2 is 1.88 bits per heavy atom. The molecule has 0 saturated heterocycles. The van der Waals surface area contributed by atoms with Crippen molar-refractivity contribution in [3.05, 3.63) is 6.67 Å². The van der Waals surface area contributed by atoms with Gasteiger partial charge in [-0.15, -0.1) is 0 Å². The van der Waals surface area contributed by atoms with Gasteiger partial charge in [-0.1, -0.05) is 12.8 Å². The highest BCUT2D eigenvalue weighted by Crippen LogP contribution is 2.01. The molecule has 0 aliphatic carbocycles. The van der Waals surface area contributed by atoms with E-state index in [1.807, 2.05) is 0 Å². The second-order valence-corrected chi connectivity index (χ2v) is 1.69. The van der Waals surface area contributed by atoms with Crippen LogP contribution >= 0.6 is 0 Å². The third-order valence-electron chi connectivity index (χ3n) is 0.947. The van der Waals surface area contributed by atoms with E-state index in [9.17, 15) is 8.78 Å². The van der Waals surface area contributed by atoms with Gasteiger partial charge in [0.25, 0.3) is 0 Å². The molecule has 0 aliphatic heterocycles. The normalized spacial score (nSPS) is 9.75. The van der Waals surface area contributed by atoms with Crippen molar-refractivity contribution in [2.45, 2.75) is 25.7 Å². The molecular formula is C6H11F2. The molecule has 0 rings (SSSR count). The molecule has 0 spiro atoms. The van der Waals surface area contributed by atoms with Crippen LogP contribution < -0.4 is 0 Å². The first-order valence-electron chi connectivity index (χ1n) is 2.89. The van der Waals surface area contributed by atoms with Crippen molar-refractivity contribution in [3.63, 3.8) is 0 Å². The number of halogens is 2. The Hall–Kier alpha value is -0.140. The largest absolute Gasteiger partial charge is 0.251 e. The van der Waals surface area contributed by atoms with Crippen molar-refractivity contribution in [3.8, 4) is 0 Å². The van der Waals surface area contributed by atoms with Gasteiger partial charge >= 0.3 is 0 Å². The SMILES string of the molecule is F[CH]CCCCCF. The van der Waals surface area contributed by atoms with Crippen LogP contribution in [0.2, 0.25) is 0 Å². The van der Waals surface area contributed by atoms with E-state index >= 15 is 0 Å². The van der Waals surface area contributed by atoms with Crippen LogP contribution in [0.1, 0.15) is 25.7 Å². The van der Waals surface area contributed by atoms with Gasteiger partial charge in [-0.05, 0) is 12.8 Å². The van der Waals surface area contributed by atoms with Gasteiger partial charge in [0.1, 0.15) is 6.67 Å². The van der Waals surface area contributed by atoms with E-state index < -0.39 is 0 Å². The summed E-state index contributed by atoms with van der Waals surface area (Å²) < 4.78 is 22.5. The number of hydrogen-bond donors (Lipinski definition) is 0. The fourth-order valence-electron chi connectivity index (χ4n) is 0.493. The molecule has 49 valence electrons. The number of alkyl halides is 1. The van der Waals surface area contributed by atoms with Crippen LogP contribution in [-0.2, 0) is 0 Å². The van der Waals surface area contributed by atoms with E-state index in [1.54, 1.807) is 0 Å². The van der Waals surface area contributed by atoms with Crippen LogP contribution in [0.5, 0.6) is 0 Å². The zero-order chi connectivity index (χ0) is 6.24. The molecule has 0 atom stereocenters. The van der Waals surface area contributed by atoms with Crippen LogP contribution in [0.4, 0.5) is 8.78 Å². The molecular weight excluding hydrogens is 110 g/mol. The predicted octanol–water partition coefficient (Wildman–Crippen LogP) is 2.65. The van der Waals surface area contributed by atoms with E-state index in [2.05, 4.69) is 0 Å². The molecule has 1 radical (unpaired) electrons. The van der Waals surface area contributed by atoms with Crippen LogP contribution in [-0.4, -0.2) is 6.67 Å². The number of hydrogen-bond acceptors (Lipinski definition) is 0. The molecule has 0 heterocycles. The summed E-state index contributed by atoms with van der Waals surface area (Å²) in [4.78, 5) is 0. The van der Waals surface area contributed by atoms with E-state index in [0.29, 0.717) is 19.5 Å². The first-order valence-corrected chi connectivity index (χ1v) is 2.89. The van der Waals surface area contributed by atoms with Crippen molar-refractivity contribution in [1.82, 2.24) is 0 Å². The van der Waals surface area contributed by atoms with E-state index in [-0.39, 0.29) is 6.67 Å². The molecule has 0 aromatic heterocycles. The molecule has 0 N–H and O–H groups in total. The highest BCUT2D eigenvalue weighted by atomic mass is 19.1. The van der Waals surface area contributed by atoms with Gasteiger partial charge in [-0.3, -0.25) is 4.39 Å². The summed E-state index contributed by atoms with van der Waals surface area (Å²) in [6.07, 6.45) is 2.63. The monoisotopic (exact) mass is 121 g/mol. The molecule has 0 saturated carbocycles. The predicted molar refractivity (Wildman–Crippen MR) is 29.9 cm³/mol. The highest BCUT2D eigenvalue weighted by Gasteiger charge is 1.86. The van der Waals surface area contributed by atoms with E-state index in [1.165, 1.54) is 0 Å². The van der Waals surface area contributed by atoms with Gasteiger partial charge in [0.15, 0.2) is 0 Å². The first kappa shape index (κ1) is 7.86. The summed E-state index contributed by atoms with van der Waals surface area (Å²) in [7, 11) is 0. The maximum Gasteiger partial charge on any atom is 0.131 e. The van der Waals surface area contributed by atoms with Crippen molar-refractivity contribution in [2.24, 2.45) is 0 Å². The molecule has 0 amide bonds. The Kier molecular flexibility index (Phi) is 6.74. The molecule has 0 unspecified atom stereocenters. The summed E-state index contributed by atoms with van der Waals surface area (Å²) >= 11 is 0. The van der Waals surface area contributed by atoms with Gasteiger partial charge < -0.3 is 0 Å². The maximum atomic E-state index is 11.3. The third-order valence-corrected chi connectivity index (χ3v) is 0.947. The van der Waals surface area contributed by atoms with Crippen LogP contribution in [0.25, 0.3) is 0 Å². The molecule has 8 heavy (non-hydrogen) atoms. The minimum Gasteiger partial charge on any atom is -0.251 e. The van der Waals surface area contributed by atoms with Gasteiger partial charge in [0, 0.05) is 0 Å². The van der Waals surface area contributed by atoms with Crippen LogP contribution in [0.15, 0.2) is 0 Å². The lowest BCUT2D eigenvalue weighted by Crippen LogP contribution is -1.77. The Morgan fingerprint density at radius 3 is 2.38 bits per heavy atom. The fourth-order valence-corrected chi connectivity index (χ4v) is 0.493. The van der Waals surface area contributed by atoms with Gasteiger partial charge in [-0.25, -0.2) is 4.39 Å². The highest BCUT2D eigenvalue weighted by molar-refractivity contribution is 4.47. The van der Waals surface area contributed by atoms with Gasteiger partial charge in [0.05, 0.1) is 6.67 Å². The fraction of sp³-hybridized carbons (Fsp3) is 0.833. The average molecular weight is 121 g/mol. The van der Waals surface area contributed by atoms with Crippen molar-refractivity contribution in [1.29, 1.82) is 0 Å². The molecule has 0 fully saturated rings. The minimum atomic E-state index is -0.272. The topological polar surface area (TPSA) is 0 Å². The lowest BCUT2D eigenvalue weighted by Gasteiger charge is -1.90. The molecule has 0 aliphatic rings. The molecule has 2 heteroatoms. The van der Waals surface area contributed by atoms with Gasteiger partial charge in [-0.2, -0.15) is 0 Å². The standard InChI is InChI=1S/C6H11F2/c7-5-3-1-2-4-6-8/h5H,1-4,6H2. The average Bonchev–Trinajstić information content (AvgIpc) is 1.81. The summed E-state index contributed by atoms with van der Waals surface area (Å²) in [5.74, 6) is 0. The Labute approximate surface area is 48.9 Å². The third kappa shape index (κ3) is 5.86. The zero-order valence-corrected chi connectivity index (χ0v) is 4.87. The zero-order valence-electron chi connectivity index (χ0n) is 4.87. The summed E-state index contributed by atoms with van der Waals surface area (Å²) in [6.45, 7) is 0.352.